The number of rotatable bonds is 1. The van der Waals surface area contributed by atoms with Crippen molar-refractivity contribution in [3.05, 3.63) is 17.0 Å². The van der Waals surface area contributed by atoms with Gasteiger partial charge in [0.05, 0.1) is 0 Å². The summed E-state index contributed by atoms with van der Waals surface area (Å²) in [6.07, 6.45) is 2.29. The third kappa shape index (κ3) is 1.58. The second kappa shape index (κ2) is 3.61. The average molecular weight is 207 g/mol. The molecule has 4 nitrogen and oxygen atoms in total. The monoisotopic (exact) mass is 207 g/mol. The highest BCUT2D eigenvalue weighted by atomic mass is 16.5. The fourth-order valence-corrected chi connectivity index (χ4v) is 2.65. The highest BCUT2D eigenvalue weighted by Crippen LogP contribution is 2.31. The summed E-state index contributed by atoms with van der Waals surface area (Å²) in [5.41, 5.74) is 2.51. The van der Waals surface area contributed by atoms with Gasteiger partial charge < -0.3 is 14.7 Å². The number of nitrogens with zero attached hydrogens (tertiary/aromatic N) is 2. The maximum Gasteiger partial charge on any atom is 0.144 e. The van der Waals surface area contributed by atoms with Gasteiger partial charge in [0.15, 0.2) is 0 Å². The second-order valence-corrected chi connectivity index (χ2v) is 4.65. The predicted octanol–water partition coefficient (Wildman–Crippen LogP) is 0.739. The number of fused-ring (bicyclic) bond motifs is 1. The van der Waals surface area contributed by atoms with Gasteiger partial charge >= 0.3 is 0 Å². The second-order valence-electron chi connectivity index (χ2n) is 4.65. The summed E-state index contributed by atoms with van der Waals surface area (Å²) in [6, 6.07) is 0. The smallest absolute Gasteiger partial charge is 0.144 e. The molecule has 1 unspecified atom stereocenters. The van der Waals surface area contributed by atoms with Crippen LogP contribution >= 0.6 is 0 Å². The summed E-state index contributed by atoms with van der Waals surface area (Å²) in [4.78, 5) is 2.36. The molecule has 3 heterocycles. The Bertz CT molecular complexity index is 361. The lowest BCUT2D eigenvalue weighted by molar-refractivity contribution is 0.346. The molecule has 1 aromatic heterocycles. The molecule has 0 aromatic carbocycles. The number of nitrogens with one attached hydrogen (secondary N) is 1. The van der Waals surface area contributed by atoms with Gasteiger partial charge in [-0.2, -0.15) is 0 Å². The lowest BCUT2D eigenvalue weighted by Crippen LogP contribution is -2.24. The Kier molecular flexibility index (Phi) is 2.25. The fourth-order valence-electron chi connectivity index (χ4n) is 2.65. The van der Waals surface area contributed by atoms with Gasteiger partial charge in [-0.15, -0.1) is 0 Å². The van der Waals surface area contributed by atoms with Gasteiger partial charge in [-0.3, -0.25) is 0 Å². The summed E-state index contributed by atoms with van der Waals surface area (Å²) in [5, 5.41) is 7.49. The van der Waals surface area contributed by atoms with Crippen LogP contribution < -0.4 is 5.32 Å². The Balaban J connectivity index is 1.88. The zero-order chi connectivity index (χ0) is 10.3. The van der Waals surface area contributed by atoms with Crippen molar-refractivity contribution < 1.29 is 4.52 Å². The van der Waals surface area contributed by atoms with Gasteiger partial charge in [0, 0.05) is 24.6 Å². The molecule has 4 heteroatoms. The van der Waals surface area contributed by atoms with Crippen molar-refractivity contribution in [2.45, 2.75) is 25.3 Å². The van der Waals surface area contributed by atoms with E-state index in [9.17, 15) is 0 Å². The average Bonchev–Trinajstić information content (AvgIpc) is 2.83. The molecule has 3 rings (SSSR count). The molecule has 1 fully saturated rings. The minimum atomic E-state index is 0.573. The van der Waals surface area contributed by atoms with Crippen molar-refractivity contribution in [3.63, 3.8) is 0 Å². The minimum absolute atomic E-state index is 0.573. The number of aromatic nitrogens is 1. The third-order valence-electron chi connectivity index (χ3n) is 3.51. The van der Waals surface area contributed by atoms with Gasteiger partial charge in [-0.1, -0.05) is 5.16 Å². The van der Waals surface area contributed by atoms with Crippen LogP contribution in [0.1, 0.15) is 29.4 Å². The standard InChI is InChI=1S/C11H17N3O/c1-14-5-3-8(7-14)11-9-2-4-12-6-10(9)13-15-11/h8,12H,2-7H2,1H3. The Hall–Kier alpha value is -0.870. The van der Waals surface area contributed by atoms with Crippen LogP contribution in [0.3, 0.4) is 0 Å². The van der Waals surface area contributed by atoms with E-state index in [1.807, 2.05) is 0 Å². The third-order valence-corrected chi connectivity index (χ3v) is 3.51. The molecule has 82 valence electrons. The highest BCUT2D eigenvalue weighted by molar-refractivity contribution is 5.28. The number of hydrogen-bond acceptors (Lipinski definition) is 4. The zero-order valence-electron chi connectivity index (χ0n) is 9.12. The topological polar surface area (TPSA) is 41.3 Å². The number of likely N-dealkylation sites (tertiary alicyclic amines) is 1. The molecule has 0 spiro atoms. The molecule has 0 radical (unpaired) electrons. The normalized spacial score (nSPS) is 26.9. The summed E-state index contributed by atoms with van der Waals surface area (Å²) in [7, 11) is 2.17. The summed E-state index contributed by atoms with van der Waals surface area (Å²) < 4.78 is 5.53. The molecular weight excluding hydrogens is 190 g/mol. The lowest BCUT2D eigenvalue weighted by Gasteiger charge is -2.13. The Morgan fingerprint density at radius 2 is 2.47 bits per heavy atom. The van der Waals surface area contributed by atoms with Crippen LogP contribution in [-0.4, -0.2) is 36.7 Å². The van der Waals surface area contributed by atoms with E-state index in [1.54, 1.807) is 0 Å². The highest BCUT2D eigenvalue weighted by Gasteiger charge is 2.29. The maximum atomic E-state index is 5.53. The van der Waals surface area contributed by atoms with E-state index in [2.05, 4.69) is 22.4 Å². The van der Waals surface area contributed by atoms with Crippen LogP contribution in [0.4, 0.5) is 0 Å². The summed E-state index contributed by atoms with van der Waals surface area (Å²) in [6.45, 7) is 4.23. The number of hydrogen-bond donors (Lipinski definition) is 1. The van der Waals surface area contributed by atoms with Gasteiger partial charge in [-0.25, -0.2) is 0 Å². The van der Waals surface area contributed by atoms with Crippen molar-refractivity contribution in [1.82, 2.24) is 15.4 Å². The van der Waals surface area contributed by atoms with E-state index in [0.29, 0.717) is 5.92 Å². The summed E-state index contributed by atoms with van der Waals surface area (Å²) in [5.74, 6) is 1.74. The predicted molar refractivity (Wildman–Crippen MR) is 56.8 cm³/mol. The maximum absolute atomic E-state index is 5.53. The first-order valence-corrected chi connectivity index (χ1v) is 5.71. The lowest BCUT2D eigenvalue weighted by atomic mass is 9.97. The van der Waals surface area contributed by atoms with Crippen LogP contribution in [0.15, 0.2) is 4.52 Å². The largest absolute Gasteiger partial charge is 0.360 e. The molecular formula is C11H17N3O. The first-order valence-electron chi connectivity index (χ1n) is 5.71. The number of likely N-dealkylation sites (N-methyl/N-ethyl adjacent to an activating group) is 1. The van der Waals surface area contributed by atoms with Crippen molar-refractivity contribution in [2.75, 3.05) is 26.7 Å². The molecule has 2 aliphatic rings. The molecule has 0 saturated carbocycles. The van der Waals surface area contributed by atoms with Crippen LogP contribution in [0.5, 0.6) is 0 Å². The minimum Gasteiger partial charge on any atom is -0.360 e. The quantitative estimate of drug-likeness (QED) is 0.737. The fraction of sp³-hybridized carbons (Fsp3) is 0.727. The van der Waals surface area contributed by atoms with Gasteiger partial charge in [0.2, 0.25) is 0 Å². The zero-order valence-corrected chi connectivity index (χ0v) is 9.12. The van der Waals surface area contributed by atoms with Crippen molar-refractivity contribution in [1.29, 1.82) is 0 Å². The van der Waals surface area contributed by atoms with E-state index < -0.39 is 0 Å². The molecule has 0 amide bonds. The molecule has 1 atom stereocenters. The summed E-state index contributed by atoms with van der Waals surface area (Å²) >= 11 is 0. The first kappa shape index (κ1) is 9.36. The molecule has 1 N–H and O–H groups in total. The SMILES string of the molecule is CN1CCC(c2onc3c2CCNC3)C1. The Morgan fingerprint density at radius 3 is 3.27 bits per heavy atom. The van der Waals surface area contributed by atoms with Crippen LogP contribution in [0.25, 0.3) is 0 Å². The van der Waals surface area contributed by atoms with Crippen LogP contribution in [0, 0.1) is 0 Å². The Labute approximate surface area is 89.6 Å². The van der Waals surface area contributed by atoms with Crippen LogP contribution in [0.2, 0.25) is 0 Å². The van der Waals surface area contributed by atoms with E-state index in [-0.39, 0.29) is 0 Å². The van der Waals surface area contributed by atoms with E-state index in [4.69, 9.17) is 4.52 Å². The molecule has 0 aliphatic carbocycles. The molecule has 1 aromatic rings. The van der Waals surface area contributed by atoms with Crippen molar-refractivity contribution in [3.8, 4) is 0 Å². The van der Waals surface area contributed by atoms with Gasteiger partial charge in [0.1, 0.15) is 11.5 Å². The molecule has 2 aliphatic heterocycles. The van der Waals surface area contributed by atoms with Gasteiger partial charge in [0.25, 0.3) is 0 Å². The van der Waals surface area contributed by atoms with E-state index in [1.165, 1.54) is 18.5 Å². The van der Waals surface area contributed by atoms with Gasteiger partial charge in [-0.05, 0) is 33.0 Å². The Morgan fingerprint density at radius 1 is 1.53 bits per heavy atom. The molecule has 15 heavy (non-hydrogen) atoms. The van der Waals surface area contributed by atoms with E-state index in [0.717, 1.165) is 37.5 Å². The van der Waals surface area contributed by atoms with E-state index >= 15 is 0 Å². The molecule has 1 saturated heterocycles. The molecule has 0 bridgehead atoms. The van der Waals surface area contributed by atoms with Crippen molar-refractivity contribution in [2.24, 2.45) is 0 Å². The van der Waals surface area contributed by atoms with Crippen molar-refractivity contribution >= 4 is 0 Å². The van der Waals surface area contributed by atoms with Crippen LogP contribution in [-0.2, 0) is 13.0 Å². The first-order chi connectivity index (χ1) is 7.34.